The number of hydrogen-bond donors (Lipinski definition) is 0. The monoisotopic (exact) mass is 275 g/mol. The zero-order valence-corrected chi connectivity index (χ0v) is 13.8. The van der Waals surface area contributed by atoms with Gasteiger partial charge in [-0.05, 0) is 38.1 Å². The predicted octanol–water partition coefficient (Wildman–Crippen LogP) is 5.57. The molecule has 20 heavy (non-hydrogen) atoms. The molecule has 0 heterocycles. The maximum absolute atomic E-state index is 2.46. The molecule has 0 aliphatic heterocycles. The Morgan fingerprint density at radius 3 is 2.10 bits per heavy atom. The Bertz CT molecular complexity index is 345. The zero-order valence-electron chi connectivity index (χ0n) is 13.8. The molecule has 0 amide bonds. The van der Waals surface area contributed by atoms with Crippen LogP contribution in [0.25, 0.3) is 0 Å². The van der Waals surface area contributed by atoms with E-state index in [0.717, 1.165) is 6.54 Å². The summed E-state index contributed by atoms with van der Waals surface area (Å²) in [5.74, 6) is 0. The molecular weight excluding hydrogens is 242 g/mol. The summed E-state index contributed by atoms with van der Waals surface area (Å²) in [5, 5.41) is 0. The second-order valence-electron chi connectivity index (χ2n) is 6.14. The Kier molecular flexibility index (Phi) is 9.40. The van der Waals surface area contributed by atoms with E-state index in [-0.39, 0.29) is 0 Å². The number of aryl methyl sites for hydroxylation is 1. The van der Waals surface area contributed by atoms with Crippen LogP contribution in [0.4, 0.5) is 0 Å². The van der Waals surface area contributed by atoms with Gasteiger partial charge in [0.05, 0.1) is 0 Å². The highest BCUT2D eigenvalue weighted by Gasteiger charge is 2.02. The minimum atomic E-state index is 1.09. The van der Waals surface area contributed by atoms with Gasteiger partial charge < -0.3 is 4.90 Å². The van der Waals surface area contributed by atoms with E-state index in [9.17, 15) is 0 Å². The van der Waals surface area contributed by atoms with Gasteiger partial charge >= 0.3 is 0 Å². The van der Waals surface area contributed by atoms with Crippen molar-refractivity contribution in [3.05, 3.63) is 35.4 Å². The van der Waals surface area contributed by atoms with Crippen LogP contribution < -0.4 is 0 Å². The van der Waals surface area contributed by atoms with E-state index in [1.54, 1.807) is 0 Å². The first-order chi connectivity index (χ1) is 9.74. The van der Waals surface area contributed by atoms with Crippen molar-refractivity contribution < 1.29 is 0 Å². The van der Waals surface area contributed by atoms with Crippen molar-refractivity contribution in [3.8, 4) is 0 Å². The van der Waals surface area contributed by atoms with E-state index >= 15 is 0 Å². The first-order valence-corrected chi connectivity index (χ1v) is 8.47. The second kappa shape index (κ2) is 10.9. The molecule has 0 bridgehead atoms. The Balaban J connectivity index is 2.03. The Labute approximate surface area is 126 Å². The van der Waals surface area contributed by atoms with E-state index in [0.29, 0.717) is 0 Å². The quantitative estimate of drug-likeness (QED) is 0.477. The summed E-state index contributed by atoms with van der Waals surface area (Å²) in [6, 6.07) is 8.73. The number of nitrogens with zero attached hydrogens (tertiary/aromatic N) is 1. The lowest BCUT2D eigenvalue weighted by Crippen LogP contribution is -2.19. The lowest BCUT2D eigenvalue weighted by atomic mass is 10.1. The van der Waals surface area contributed by atoms with Gasteiger partial charge in [-0.1, -0.05) is 76.1 Å². The predicted molar refractivity (Wildman–Crippen MR) is 90.1 cm³/mol. The fourth-order valence-electron chi connectivity index (χ4n) is 2.67. The third-order valence-electron chi connectivity index (χ3n) is 4.09. The van der Waals surface area contributed by atoms with E-state index in [1.807, 2.05) is 0 Å². The maximum atomic E-state index is 2.46. The Morgan fingerprint density at radius 1 is 0.850 bits per heavy atom. The fourth-order valence-corrected chi connectivity index (χ4v) is 2.67. The molecule has 0 N–H and O–H groups in total. The first kappa shape index (κ1) is 17.2. The molecule has 0 atom stereocenters. The number of benzene rings is 1. The van der Waals surface area contributed by atoms with Crippen molar-refractivity contribution in [2.75, 3.05) is 13.6 Å². The molecule has 0 spiro atoms. The molecule has 0 aromatic heterocycles. The smallest absolute Gasteiger partial charge is 0.0233 e. The lowest BCUT2D eigenvalue weighted by molar-refractivity contribution is 0.316. The van der Waals surface area contributed by atoms with Gasteiger partial charge in [-0.2, -0.15) is 0 Å². The van der Waals surface area contributed by atoms with Crippen LogP contribution in [0.3, 0.4) is 0 Å². The Morgan fingerprint density at radius 2 is 1.45 bits per heavy atom. The number of unbranched alkanes of at least 4 members (excludes halogenated alkanes) is 7. The number of hydrogen-bond acceptors (Lipinski definition) is 1. The summed E-state index contributed by atoms with van der Waals surface area (Å²) in [5.41, 5.74) is 2.88. The van der Waals surface area contributed by atoms with Gasteiger partial charge in [0.25, 0.3) is 0 Å². The average molecular weight is 275 g/mol. The fraction of sp³-hybridized carbons (Fsp3) is 0.684. The summed E-state index contributed by atoms with van der Waals surface area (Å²) in [6.07, 6.45) is 11.2. The van der Waals surface area contributed by atoms with Gasteiger partial charge in [-0.3, -0.25) is 0 Å². The second-order valence-corrected chi connectivity index (χ2v) is 6.14. The van der Waals surface area contributed by atoms with Crippen molar-refractivity contribution >= 4 is 0 Å². The van der Waals surface area contributed by atoms with Gasteiger partial charge in [-0.25, -0.2) is 0 Å². The van der Waals surface area contributed by atoms with Crippen LogP contribution in [-0.2, 0) is 6.54 Å². The molecule has 0 radical (unpaired) electrons. The summed E-state index contributed by atoms with van der Waals surface area (Å²) in [7, 11) is 2.24. The van der Waals surface area contributed by atoms with Crippen LogP contribution in [0.5, 0.6) is 0 Å². The lowest BCUT2D eigenvalue weighted by Gasteiger charge is -2.17. The first-order valence-electron chi connectivity index (χ1n) is 8.47. The Hall–Kier alpha value is -0.820. The van der Waals surface area contributed by atoms with Gasteiger partial charge in [0.15, 0.2) is 0 Å². The molecule has 1 aromatic rings. The van der Waals surface area contributed by atoms with Crippen LogP contribution in [0.2, 0.25) is 0 Å². The van der Waals surface area contributed by atoms with E-state index in [4.69, 9.17) is 0 Å². The molecule has 1 rings (SSSR count). The summed E-state index contributed by atoms with van der Waals surface area (Å²) in [4.78, 5) is 2.46. The van der Waals surface area contributed by atoms with Gasteiger partial charge in [-0.15, -0.1) is 0 Å². The third kappa shape index (κ3) is 7.69. The topological polar surface area (TPSA) is 3.24 Å². The van der Waals surface area contributed by atoms with Crippen molar-refractivity contribution in [2.24, 2.45) is 0 Å². The van der Waals surface area contributed by atoms with Crippen molar-refractivity contribution in [1.82, 2.24) is 4.90 Å². The molecule has 0 saturated carbocycles. The highest BCUT2D eigenvalue weighted by Crippen LogP contribution is 2.11. The molecule has 0 aliphatic rings. The minimum Gasteiger partial charge on any atom is -0.302 e. The van der Waals surface area contributed by atoms with Crippen LogP contribution in [-0.4, -0.2) is 18.5 Å². The summed E-state index contributed by atoms with van der Waals surface area (Å²) in [6.45, 7) is 6.80. The van der Waals surface area contributed by atoms with E-state index in [1.165, 1.54) is 69.0 Å². The molecule has 0 unspecified atom stereocenters. The third-order valence-corrected chi connectivity index (χ3v) is 4.09. The van der Waals surface area contributed by atoms with Crippen LogP contribution >= 0.6 is 0 Å². The SMILES string of the molecule is CCCCCCCCCCN(C)Cc1ccccc1C. The summed E-state index contributed by atoms with van der Waals surface area (Å²) < 4.78 is 0. The van der Waals surface area contributed by atoms with Crippen molar-refractivity contribution in [2.45, 2.75) is 71.8 Å². The maximum Gasteiger partial charge on any atom is 0.0233 e. The van der Waals surface area contributed by atoms with Crippen LogP contribution in [0.1, 0.15) is 69.4 Å². The molecule has 0 saturated heterocycles. The van der Waals surface area contributed by atoms with Gasteiger partial charge in [0.1, 0.15) is 0 Å². The highest BCUT2D eigenvalue weighted by molar-refractivity contribution is 5.25. The van der Waals surface area contributed by atoms with E-state index < -0.39 is 0 Å². The molecule has 114 valence electrons. The highest BCUT2D eigenvalue weighted by atomic mass is 15.1. The normalized spacial score (nSPS) is 11.2. The summed E-state index contributed by atoms with van der Waals surface area (Å²) >= 11 is 0. The molecule has 1 aromatic carbocycles. The van der Waals surface area contributed by atoms with Crippen LogP contribution in [0.15, 0.2) is 24.3 Å². The molecule has 1 heteroatoms. The molecule has 0 fully saturated rings. The van der Waals surface area contributed by atoms with Gasteiger partial charge in [0.2, 0.25) is 0 Å². The molecule has 1 nitrogen and oxygen atoms in total. The standard InChI is InChI=1S/C19H33N/c1-4-5-6-7-8-9-10-13-16-20(3)17-19-15-12-11-14-18(19)2/h11-12,14-15H,4-10,13,16-17H2,1-3H3. The van der Waals surface area contributed by atoms with Crippen LogP contribution in [0, 0.1) is 6.92 Å². The molecule has 0 aliphatic carbocycles. The zero-order chi connectivity index (χ0) is 14.6. The van der Waals surface area contributed by atoms with Gasteiger partial charge in [0, 0.05) is 6.54 Å². The van der Waals surface area contributed by atoms with E-state index in [2.05, 4.69) is 50.1 Å². The number of rotatable bonds is 11. The minimum absolute atomic E-state index is 1.09. The van der Waals surface area contributed by atoms with Crippen molar-refractivity contribution in [3.63, 3.8) is 0 Å². The molecular formula is C19H33N. The van der Waals surface area contributed by atoms with Crippen molar-refractivity contribution in [1.29, 1.82) is 0 Å². The average Bonchev–Trinajstić information content (AvgIpc) is 2.44. The largest absolute Gasteiger partial charge is 0.302 e.